The van der Waals surface area contributed by atoms with Crippen LogP contribution in [0.5, 0.6) is 23.0 Å². The number of nitrogens with zero attached hydrogens (tertiary/aromatic N) is 1. The standard InChI is InChI=1S/C40H34BrNO8/c1-4-50-34-18-23(9-15-31(34)43)35-26-13-14-27-36(28(26)19-29-37(35)32(44)20-30(41)38(29)45)40(47)42(39(27)46)24-10-6-21(7-11-24)5-8-22-17-25(48-2)12-16-33(22)49-3/h5-13,15-18,20,27-28,35-36,43H,4,14,19H2,1-3H3. The second-order valence-corrected chi connectivity index (χ2v) is 13.5. The number of phenolic OH excluding ortho intramolecular Hbond substituents is 1. The molecule has 4 aliphatic rings. The molecule has 4 atom stereocenters. The molecule has 3 aromatic carbocycles. The van der Waals surface area contributed by atoms with E-state index in [2.05, 4.69) is 15.9 Å². The average Bonchev–Trinajstić information content (AvgIpc) is 3.39. The number of ketones is 2. The van der Waals surface area contributed by atoms with Crippen LogP contribution < -0.4 is 19.1 Å². The number of aromatic hydroxyl groups is 1. The lowest BCUT2D eigenvalue weighted by Gasteiger charge is -2.42. The normalized spacial score (nSPS) is 23.0. The van der Waals surface area contributed by atoms with Crippen molar-refractivity contribution in [3.05, 3.63) is 111 Å². The van der Waals surface area contributed by atoms with Crippen LogP contribution in [0, 0.1) is 17.8 Å². The SMILES string of the molecule is CCOc1cc(C2C3=CCC4C(=O)N(c5ccc(C=Cc6cc(OC)ccc6OC)cc5)C(=O)C4C3CC3=C2C(=O)C=C(Br)C3=O)ccc1O. The zero-order valence-electron chi connectivity index (χ0n) is 27.6. The van der Waals surface area contributed by atoms with Crippen LogP contribution in [0.4, 0.5) is 5.69 Å². The van der Waals surface area contributed by atoms with E-state index in [1.54, 1.807) is 45.4 Å². The van der Waals surface area contributed by atoms with Gasteiger partial charge in [0.2, 0.25) is 11.8 Å². The number of anilines is 1. The summed E-state index contributed by atoms with van der Waals surface area (Å²) in [6.45, 7) is 2.12. The van der Waals surface area contributed by atoms with Crippen LogP contribution in [-0.4, -0.2) is 49.3 Å². The second kappa shape index (κ2) is 13.2. The van der Waals surface area contributed by atoms with Gasteiger partial charge in [-0.15, -0.1) is 0 Å². The maximum absolute atomic E-state index is 14.3. The average molecular weight is 737 g/mol. The lowest BCUT2D eigenvalue weighted by Crippen LogP contribution is -2.39. The van der Waals surface area contributed by atoms with Crippen molar-refractivity contribution in [2.75, 3.05) is 25.7 Å². The Bertz CT molecular complexity index is 2070. The van der Waals surface area contributed by atoms with E-state index in [1.807, 2.05) is 48.6 Å². The Hall–Kier alpha value is -5.22. The quantitative estimate of drug-likeness (QED) is 0.114. The third-order valence-electron chi connectivity index (χ3n) is 9.99. The van der Waals surface area contributed by atoms with Crippen LogP contribution in [0.15, 0.2) is 94.0 Å². The summed E-state index contributed by atoms with van der Waals surface area (Å²) in [5.41, 5.74) is 4.33. The topological polar surface area (TPSA) is 119 Å². The molecule has 0 bridgehead atoms. The Morgan fingerprint density at radius 1 is 0.900 bits per heavy atom. The first-order valence-electron chi connectivity index (χ1n) is 16.4. The molecule has 1 heterocycles. The predicted molar refractivity (Wildman–Crippen MR) is 191 cm³/mol. The van der Waals surface area contributed by atoms with Gasteiger partial charge in [0.15, 0.2) is 23.1 Å². The van der Waals surface area contributed by atoms with Gasteiger partial charge in [0.05, 0.1) is 42.8 Å². The molecule has 3 aromatic rings. The summed E-state index contributed by atoms with van der Waals surface area (Å²) in [6.07, 6.45) is 7.55. The van der Waals surface area contributed by atoms with Crippen molar-refractivity contribution < 1.29 is 38.5 Å². The molecular formula is C40H34BrNO8. The van der Waals surface area contributed by atoms with E-state index in [0.717, 1.165) is 16.7 Å². The molecule has 0 radical (unpaired) electrons. The molecule has 7 rings (SSSR count). The van der Waals surface area contributed by atoms with Gasteiger partial charge in [0, 0.05) is 28.7 Å². The Balaban J connectivity index is 1.21. The first-order valence-corrected chi connectivity index (χ1v) is 17.2. The van der Waals surface area contributed by atoms with Gasteiger partial charge >= 0.3 is 0 Å². The number of ether oxygens (including phenoxy) is 3. The third-order valence-corrected chi connectivity index (χ3v) is 10.6. The Kier molecular flexibility index (Phi) is 8.82. The largest absolute Gasteiger partial charge is 0.504 e. The van der Waals surface area contributed by atoms with Crippen molar-refractivity contribution in [3.8, 4) is 23.0 Å². The molecule has 0 aromatic heterocycles. The highest BCUT2D eigenvalue weighted by atomic mass is 79.9. The highest BCUT2D eigenvalue weighted by molar-refractivity contribution is 9.12. The molecule has 50 heavy (non-hydrogen) atoms. The molecule has 1 fully saturated rings. The van der Waals surface area contributed by atoms with Crippen LogP contribution >= 0.6 is 15.9 Å². The lowest BCUT2D eigenvalue weighted by molar-refractivity contribution is -0.123. The van der Waals surface area contributed by atoms with E-state index in [0.29, 0.717) is 46.9 Å². The second-order valence-electron chi connectivity index (χ2n) is 12.6. The fourth-order valence-corrected chi connectivity index (χ4v) is 8.16. The fraction of sp³-hybridized carbons (Fsp3) is 0.250. The molecule has 254 valence electrons. The summed E-state index contributed by atoms with van der Waals surface area (Å²) in [4.78, 5) is 56.6. The monoisotopic (exact) mass is 735 g/mol. The van der Waals surface area contributed by atoms with Gasteiger partial charge in [0.25, 0.3) is 0 Å². The minimum Gasteiger partial charge on any atom is -0.504 e. The van der Waals surface area contributed by atoms with Crippen LogP contribution in [0.1, 0.15) is 42.4 Å². The number of benzene rings is 3. The van der Waals surface area contributed by atoms with Crippen molar-refractivity contribution in [2.45, 2.75) is 25.7 Å². The molecule has 3 aliphatic carbocycles. The number of carbonyl (C=O) groups is 4. The first kappa shape index (κ1) is 33.3. The summed E-state index contributed by atoms with van der Waals surface area (Å²) in [5.74, 6) is -2.06. The van der Waals surface area contributed by atoms with E-state index in [-0.39, 0.29) is 45.8 Å². The zero-order chi connectivity index (χ0) is 35.3. The number of carbonyl (C=O) groups excluding carboxylic acids is 4. The van der Waals surface area contributed by atoms with E-state index < -0.39 is 23.7 Å². The number of hydrogen-bond acceptors (Lipinski definition) is 8. The van der Waals surface area contributed by atoms with Crippen molar-refractivity contribution in [3.63, 3.8) is 0 Å². The molecule has 2 amide bonds. The number of amides is 2. The number of imide groups is 1. The summed E-state index contributed by atoms with van der Waals surface area (Å²) in [6, 6.07) is 17.6. The fourth-order valence-electron chi connectivity index (χ4n) is 7.71. The minimum atomic E-state index is -0.713. The van der Waals surface area contributed by atoms with Crippen molar-refractivity contribution in [1.82, 2.24) is 0 Å². The first-order chi connectivity index (χ1) is 24.1. The molecule has 0 spiro atoms. The van der Waals surface area contributed by atoms with Gasteiger partial charge in [-0.2, -0.15) is 0 Å². The number of phenols is 1. The number of methoxy groups -OCH3 is 2. The zero-order valence-corrected chi connectivity index (χ0v) is 29.2. The summed E-state index contributed by atoms with van der Waals surface area (Å²) < 4.78 is 16.6. The Morgan fingerprint density at radius 2 is 1.68 bits per heavy atom. The Labute approximate surface area is 297 Å². The lowest BCUT2D eigenvalue weighted by atomic mass is 9.59. The van der Waals surface area contributed by atoms with Gasteiger partial charge in [0.1, 0.15) is 11.5 Å². The van der Waals surface area contributed by atoms with E-state index in [1.165, 1.54) is 17.0 Å². The van der Waals surface area contributed by atoms with Crippen molar-refractivity contribution >= 4 is 57.2 Å². The molecule has 1 saturated heterocycles. The summed E-state index contributed by atoms with van der Waals surface area (Å²) in [5, 5.41) is 10.4. The third kappa shape index (κ3) is 5.57. The number of Topliss-reactive ketones (excluding diaryl/α,β-unsaturated/α-hetero) is 1. The Morgan fingerprint density at radius 3 is 2.40 bits per heavy atom. The van der Waals surface area contributed by atoms with Crippen LogP contribution in [0.25, 0.3) is 12.2 Å². The van der Waals surface area contributed by atoms with Gasteiger partial charge in [-0.25, -0.2) is 0 Å². The van der Waals surface area contributed by atoms with Crippen LogP contribution in [0.3, 0.4) is 0 Å². The van der Waals surface area contributed by atoms with E-state index in [9.17, 15) is 24.3 Å². The predicted octanol–water partition coefficient (Wildman–Crippen LogP) is 6.95. The molecule has 1 N–H and O–H groups in total. The molecule has 10 heteroatoms. The number of halogens is 1. The van der Waals surface area contributed by atoms with E-state index in [4.69, 9.17) is 14.2 Å². The highest BCUT2D eigenvalue weighted by Gasteiger charge is 2.56. The van der Waals surface area contributed by atoms with E-state index >= 15 is 0 Å². The molecule has 0 saturated carbocycles. The summed E-state index contributed by atoms with van der Waals surface area (Å²) >= 11 is 3.27. The van der Waals surface area contributed by atoms with Gasteiger partial charge in [-0.05, 0) is 95.2 Å². The number of allylic oxidation sites excluding steroid dienone is 6. The number of hydrogen-bond donors (Lipinski definition) is 1. The summed E-state index contributed by atoms with van der Waals surface area (Å²) in [7, 11) is 3.20. The van der Waals surface area contributed by atoms with Crippen LogP contribution in [0.2, 0.25) is 0 Å². The van der Waals surface area contributed by atoms with Crippen molar-refractivity contribution in [1.29, 1.82) is 0 Å². The maximum Gasteiger partial charge on any atom is 0.238 e. The number of rotatable bonds is 8. The molecular weight excluding hydrogens is 702 g/mol. The smallest absolute Gasteiger partial charge is 0.238 e. The van der Waals surface area contributed by atoms with Gasteiger partial charge < -0.3 is 19.3 Å². The van der Waals surface area contributed by atoms with Gasteiger partial charge in [-0.1, -0.05) is 42.0 Å². The van der Waals surface area contributed by atoms with Crippen molar-refractivity contribution in [2.24, 2.45) is 17.8 Å². The number of fused-ring (bicyclic) bond motifs is 3. The molecule has 9 nitrogen and oxygen atoms in total. The molecule has 1 aliphatic heterocycles. The minimum absolute atomic E-state index is 0.0442. The molecule has 4 unspecified atom stereocenters. The highest BCUT2D eigenvalue weighted by Crippen LogP contribution is 2.56. The van der Waals surface area contributed by atoms with Crippen LogP contribution in [-0.2, 0) is 19.2 Å². The van der Waals surface area contributed by atoms with Gasteiger partial charge in [-0.3, -0.25) is 24.1 Å². The maximum atomic E-state index is 14.3.